The molecule has 0 saturated carbocycles. The molecule has 1 aromatic heterocycles. The van der Waals surface area contributed by atoms with Gasteiger partial charge < -0.3 is 5.32 Å². The highest BCUT2D eigenvalue weighted by Gasteiger charge is 2.12. The number of ketones is 1. The number of aromatic nitrogens is 2. The third-order valence-electron chi connectivity index (χ3n) is 3.62. The summed E-state index contributed by atoms with van der Waals surface area (Å²) in [6.45, 7) is 1.49. The Labute approximate surface area is 183 Å². The molecule has 0 radical (unpaired) electrons. The van der Waals surface area contributed by atoms with E-state index in [2.05, 4.69) is 36.8 Å². The Hall–Kier alpha value is -2.56. The Morgan fingerprint density at radius 1 is 1.03 bits per heavy atom. The average Bonchev–Trinajstić information content (AvgIpc) is 3.14. The number of carbonyl (C=O) groups is 3. The van der Waals surface area contributed by atoms with Gasteiger partial charge in [0.1, 0.15) is 0 Å². The van der Waals surface area contributed by atoms with Crippen LogP contribution in [0.2, 0.25) is 0 Å². The Morgan fingerprint density at radius 2 is 1.79 bits per heavy atom. The van der Waals surface area contributed by atoms with E-state index in [-0.39, 0.29) is 23.4 Å². The van der Waals surface area contributed by atoms with Gasteiger partial charge in [-0.1, -0.05) is 45.1 Å². The van der Waals surface area contributed by atoms with E-state index in [1.807, 2.05) is 6.07 Å². The molecule has 10 heteroatoms. The normalized spacial score (nSPS) is 10.4. The van der Waals surface area contributed by atoms with Crippen molar-refractivity contribution >= 4 is 67.4 Å². The molecule has 3 rings (SSSR count). The van der Waals surface area contributed by atoms with E-state index in [1.54, 1.807) is 42.5 Å². The summed E-state index contributed by atoms with van der Waals surface area (Å²) in [7, 11) is 0. The van der Waals surface area contributed by atoms with Gasteiger partial charge in [-0.15, -0.1) is 10.2 Å². The number of nitrogens with one attached hydrogen (secondary N) is 2. The molecule has 0 spiro atoms. The summed E-state index contributed by atoms with van der Waals surface area (Å²) < 4.78 is 1.37. The van der Waals surface area contributed by atoms with Gasteiger partial charge in [-0.3, -0.25) is 19.7 Å². The quantitative estimate of drug-likeness (QED) is 0.287. The molecule has 0 atom stereocenters. The van der Waals surface area contributed by atoms with Gasteiger partial charge in [-0.05, 0) is 49.4 Å². The predicted octanol–water partition coefficient (Wildman–Crippen LogP) is 4.49. The number of anilines is 2. The highest BCUT2D eigenvalue weighted by atomic mass is 79.9. The second kappa shape index (κ2) is 9.77. The van der Waals surface area contributed by atoms with Crippen LogP contribution in [-0.4, -0.2) is 33.5 Å². The Morgan fingerprint density at radius 3 is 2.48 bits per heavy atom. The second-order valence-electron chi connectivity index (χ2n) is 5.81. The van der Waals surface area contributed by atoms with Crippen LogP contribution < -0.4 is 10.6 Å². The third kappa shape index (κ3) is 6.21. The van der Waals surface area contributed by atoms with Gasteiger partial charge in [-0.2, -0.15) is 0 Å². The predicted molar refractivity (Wildman–Crippen MR) is 118 cm³/mol. The smallest absolute Gasteiger partial charge is 0.257 e. The summed E-state index contributed by atoms with van der Waals surface area (Å²) in [6.07, 6.45) is 0. The molecule has 0 saturated heterocycles. The maximum Gasteiger partial charge on any atom is 0.257 e. The Balaban J connectivity index is 1.50. The van der Waals surface area contributed by atoms with Gasteiger partial charge in [0, 0.05) is 21.3 Å². The van der Waals surface area contributed by atoms with Gasteiger partial charge in [0.2, 0.25) is 11.0 Å². The van der Waals surface area contributed by atoms with Crippen LogP contribution in [0.15, 0.2) is 57.3 Å². The fraction of sp³-hybridized carbons (Fsp3) is 0.105. The topological polar surface area (TPSA) is 101 Å². The number of thioether (sulfide) groups is 1. The van der Waals surface area contributed by atoms with Crippen molar-refractivity contribution in [3.05, 3.63) is 64.1 Å². The van der Waals surface area contributed by atoms with Crippen molar-refractivity contribution in [2.24, 2.45) is 0 Å². The summed E-state index contributed by atoms with van der Waals surface area (Å²) in [6, 6.07) is 13.7. The molecule has 0 aliphatic carbocycles. The summed E-state index contributed by atoms with van der Waals surface area (Å²) in [5.74, 6) is -0.383. The number of hydrogen-bond acceptors (Lipinski definition) is 7. The lowest BCUT2D eigenvalue weighted by molar-refractivity contribution is -0.113. The Kier molecular flexibility index (Phi) is 7.13. The first-order valence-corrected chi connectivity index (χ1v) is 10.9. The van der Waals surface area contributed by atoms with Gasteiger partial charge >= 0.3 is 0 Å². The number of amides is 2. The minimum atomic E-state index is -0.286. The maximum absolute atomic E-state index is 12.2. The van der Waals surface area contributed by atoms with Crippen molar-refractivity contribution < 1.29 is 14.4 Å². The summed E-state index contributed by atoms with van der Waals surface area (Å²) >= 11 is 5.74. The molecule has 2 N–H and O–H groups in total. The van der Waals surface area contributed by atoms with Crippen LogP contribution in [0.4, 0.5) is 10.8 Å². The van der Waals surface area contributed by atoms with E-state index in [9.17, 15) is 14.4 Å². The first kappa shape index (κ1) is 21.2. The average molecular weight is 491 g/mol. The molecule has 7 nitrogen and oxygen atoms in total. The molecular weight excluding hydrogens is 476 g/mol. The van der Waals surface area contributed by atoms with Crippen molar-refractivity contribution in [1.82, 2.24) is 10.2 Å². The standard InChI is InChI=1S/C19H15BrN4O3S2/c1-11(25)12-5-7-15(8-6-12)21-16(26)10-28-19-24-23-18(29-19)22-17(27)13-3-2-4-14(20)9-13/h2-9H,10H2,1H3,(H,21,26)(H,22,23,27). The molecule has 0 aliphatic heterocycles. The first-order valence-electron chi connectivity index (χ1n) is 8.35. The number of halogens is 1. The van der Waals surface area contributed by atoms with Gasteiger partial charge in [0.25, 0.3) is 5.91 Å². The van der Waals surface area contributed by atoms with E-state index >= 15 is 0 Å². The lowest BCUT2D eigenvalue weighted by atomic mass is 10.1. The summed E-state index contributed by atoms with van der Waals surface area (Å²) in [4.78, 5) is 35.6. The summed E-state index contributed by atoms with van der Waals surface area (Å²) in [5.41, 5.74) is 1.70. The molecule has 0 bridgehead atoms. The Bertz CT molecular complexity index is 1050. The number of Topliss-reactive ketones (excluding diaryl/α,β-unsaturated/α-hetero) is 1. The highest BCUT2D eigenvalue weighted by Crippen LogP contribution is 2.26. The number of rotatable bonds is 7. The molecule has 2 amide bonds. The van der Waals surface area contributed by atoms with Gasteiger partial charge in [-0.25, -0.2) is 0 Å². The van der Waals surface area contributed by atoms with Crippen LogP contribution in [0.25, 0.3) is 0 Å². The third-order valence-corrected chi connectivity index (χ3v) is 6.08. The van der Waals surface area contributed by atoms with E-state index in [1.165, 1.54) is 30.0 Å². The SMILES string of the molecule is CC(=O)c1ccc(NC(=O)CSc2nnc(NC(=O)c3cccc(Br)c3)s2)cc1. The molecule has 3 aromatic rings. The van der Waals surface area contributed by atoms with Gasteiger partial charge in [0.05, 0.1) is 5.75 Å². The minimum Gasteiger partial charge on any atom is -0.325 e. The van der Waals surface area contributed by atoms with Crippen molar-refractivity contribution in [3.63, 3.8) is 0 Å². The number of carbonyl (C=O) groups excluding carboxylic acids is 3. The molecule has 0 fully saturated rings. The number of benzene rings is 2. The van der Waals surface area contributed by atoms with Crippen LogP contribution >= 0.6 is 39.0 Å². The lowest BCUT2D eigenvalue weighted by Gasteiger charge is -2.04. The van der Waals surface area contributed by atoms with Crippen molar-refractivity contribution in [1.29, 1.82) is 0 Å². The van der Waals surface area contributed by atoms with Gasteiger partial charge in [0.15, 0.2) is 10.1 Å². The van der Waals surface area contributed by atoms with Crippen LogP contribution in [0.1, 0.15) is 27.6 Å². The van der Waals surface area contributed by atoms with Crippen molar-refractivity contribution in [2.75, 3.05) is 16.4 Å². The van der Waals surface area contributed by atoms with Crippen LogP contribution in [0, 0.1) is 0 Å². The van der Waals surface area contributed by atoms with Crippen molar-refractivity contribution in [2.45, 2.75) is 11.3 Å². The molecule has 2 aromatic carbocycles. The summed E-state index contributed by atoms with van der Waals surface area (Å²) in [5, 5.41) is 13.7. The fourth-order valence-electron chi connectivity index (χ4n) is 2.23. The highest BCUT2D eigenvalue weighted by molar-refractivity contribution is 9.10. The minimum absolute atomic E-state index is 0.0301. The van der Waals surface area contributed by atoms with E-state index in [4.69, 9.17) is 0 Å². The fourth-order valence-corrected chi connectivity index (χ4v) is 4.18. The molecule has 0 unspecified atom stereocenters. The maximum atomic E-state index is 12.2. The molecule has 1 heterocycles. The van der Waals surface area contributed by atoms with E-state index < -0.39 is 0 Å². The van der Waals surface area contributed by atoms with Crippen molar-refractivity contribution in [3.8, 4) is 0 Å². The zero-order valence-electron chi connectivity index (χ0n) is 15.1. The molecule has 148 valence electrons. The monoisotopic (exact) mass is 490 g/mol. The van der Waals surface area contributed by atoms with E-state index in [0.29, 0.717) is 26.3 Å². The second-order valence-corrected chi connectivity index (χ2v) is 8.92. The van der Waals surface area contributed by atoms with Crippen LogP contribution in [-0.2, 0) is 4.79 Å². The molecular formula is C19H15BrN4O3S2. The van der Waals surface area contributed by atoms with E-state index in [0.717, 1.165) is 4.47 Å². The first-order chi connectivity index (χ1) is 13.9. The zero-order chi connectivity index (χ0) is 20.8. The van der Waals surface area contributed by atoms with Crippen LogP contribution in [0.5, 0.6) is 0 Å². The number of hydrogen-bond donors (Lipinski definition) is 2. The zero-order valence-corrected chi connectivity index (χ0v) is 18.4. The number of nitrogens with zero attached hydrogens (tertiary/aromatic N) is 2. The largest absolute Gasteiger partial charge is 0.325 e. The molecule has 0 aliphatic rings. The molecule has 29 heavy (non-hydrogen) atoms. The van der Waals surface area contributed by atoms with Crippen LogP contribution in [0.3, 0.4) is 0 Å². The lowest BCUT2D eigenvalue weighted by Crippen LogP contribution is -2.14.